The zero-order valence-electron chi connectivity index (χ0n) is 14.5. The second-order valence-electron chi connectivity index (χ2n) is 5.91. The molecule has 0 saturated carbocycles. The predicted octanol–water partition coefficient (Wildman–Crippen LogP) is 2.77. The van der Waals surface area contributed by atoms with E-state index >= 15 is 0 Å². The minimum Gasteiger partial charge on any atom is -0.372 e. The summed E-state index contributed by atoms with van der Waals surface area (Å²) < 4.78 is 19.4. The molecule has 26 heavy (non-hydrogen) atoms. The molecule has 2 aromatic rings. The molecule has 0 aromatic heterocycles. The van der Waals surface area contributed by atoms with Gasteiger partial charge in [-0.1, -0.05) is 41.9 Å². The van der Waals surface area contributed by atoms with Crippen molar-refractivity contribution in [1.29, 1.82) is 0 Å². The lowest BCUT2D eigenvalue weighted by Crippen LogP contribution is -2.46. The number of benzene rings is 2. The fraction of sp³-hybridized carbons (Fsp3) is 0.263. The van der Waals surface area contributed by atoms with E-state index in [1.54, 1.807) is 49.4 Å². The van der Waals surface area contributed by atoms with Crippen LogP contribution >= 0.6 is 11.6 Å². The first-order valence-electron chi connectivity index (χ1n) is 7.96. The molecule has 0 saturated heterocycles. The van der Waals surface area contributed by atoms with Crippen LogP contribution in [0.4, 0.5) is 4.39 Å². The van der Waals surface area contributed by atoms with Gasteiger partial charge in [-0.05, 0) is 30.7 Å². The summed E-state index contributed by atoms with van der Waals surface area (Å²) in [7, 11) is 1.42. The summed E-state index contributed by atoms with van der Waals surface area (Å²) in [5.74, 6) is -2.05. The van der Waals surface area contributed by atoms with Crippen molar-refractivity contribution >= 4 is 23.4 Å². The smallest absolute Gasteiger partial charge is 0.309 e. The monoisotopic (exact) mass is 378 g/mol. The summed E-state index contributed by atoms with van der Waals surface area (Å²) >= 11 is 5.79. The van der Waals surface area contributed by atoms with E-state index < -0.39 is 23.2 Å². The van der Waals surface area contributed by atoms with Crippen molar-refractivity contribution in [3.8, 4) is 0 Å². The van der Waals surface area contributed by atoms with Gasteiger partial charge in [0.05, 0.1) is 6.54 Å². The van der Waals surface area contributed by atoms with Gasteiger partial charge in [0.1, 0.15) is 11.4 Å². The summed E-state index contributed by atoms with van der Waals surface area (Å²) in [5, 5.41) is 5.58. The molecule has 138 valence electrons. The largest absolute Gasteiger partial charge is 0.372 e. The molecule has 0 bridgehead atoms. The predicted molar refractivity (Wildman–Crippen MR) is 97.1 cm³/mol. The molecule has 2 rings (SSSR count). The molecule has 1 atom stereocenters. The summed E-state index contributed by atoms with van der Waals surface area (Å²) in [6.07, 6.45) is 0. The van der Waals surface area contributed by atoms with Gasteiger partial charge in [0.15, 0.2) is 0 Å². The molecule has 5 nitrogen and oxygen atoms in total. The Balaban J connectivity index is 1.92. The van der Waals surface area contributed by atoms with Gasteiger partial charge in [-0.2, -0.15) is 0 Å². The highest BCUT2D eigenvalue weighted by Crippen LogP contribution is 2.26. The second-order valence-corrected chi connectivity index (χ2v) is 6.34. The van der Waals surface area contributed by atoms with Gasteiger partial charge < -0.3 is 15.4 Å². The van der Waals surface area contributed by atoms with Crippen LogP contribution in [0.25, 0.3) is 0 Å². The Hall–Kier alpha value is -2.44. The molecule has 0 fully saturated rings. The molecule has 0 aliphatic heterocycles. The molecule has 0 aliphatic rings. The Bertz CT molecular complexity index is 783. The van der Waals surface area contributed by atoms with Crippen LogP contribution in [0, 0.1) is 5.82 Å². The Morgan fingerprint density at radius 3 is 2.31 bits per heavy atom. The van der Waals surface area contributed by atoms with Crippen LogP contribution in [-0.4, -0.2) is 25.5 Å². The summed E-state index contributed by atoms with van der Waals surface area (Å²) in [4.78, 5) is 23.9. The average Bonchev–Trinajstić information content (AvgIpc) is 2.65. The maximum atomic E-state index is 14.0. The van der Waals surface area contributed by atoms with E-state index in [1.807, 2.05) is 0 Å². The fourth-order valence-electron chi connectivity index (χ4n) is 2.36. The summed E-state index contributed by atoms with van der Waals surface area (Å²) in [5.41, 5.74) is 0.00490. The Labute approximate surface area is 156 Å². The van der Waals surface area contributed by atoms with Gasteiger partial charge >= 0.3 is 11.8 Å². The Morgan fingerprint density at radius 1 is 1.08 bits per heavy atom. The SMILES string of the molecule is COC(C)(CNC(=O)C(=O)NCc1ccc(Cl)cc1)c1ccccc1F. The quantitative estimate of drug-likeness (QED) is 0.759. The van der Waals surface area contributed by atoms with E-state index in [4.69, 9.17) is 16.3 Å². The molecule has 1 unspecified atom stereocenters. The number of carbonyl (C=O) groups excluding carboxylic acids is 2. The molecule has 0 heterocycles. The topological polar surface area (TPSA) is 67.4 Å². The third kappa shape index (κ3) is 5.03. The first kappa shape index (κ1) is 19.9. The van der Waals surface area contributed by atoms with Gasteiger partial charge in [0.2, 0.25) is 0 Å². The van der Waals surface area contributed by atoms with Gasteiger partial charge in [-0.3, -0.25) is 9.59 Å². The van der Waals surface area contributed by atoms with Crippen LogP contribution in [0.1, 0.15) is 18.1 Å². The maximum absolute atomic E-state index is 14.0. The molecular formula is C19H20ClFN2O3. The van der Waals surface area contributed by atoms with Crippen molar-refractivity contribution < 1.29 is 18.7 Å². The van der Waals surface area contributed by atoms with Gasteiger partial charge in [0.25, 0.3) is 0 Å². The standard InChI is InChI=1S/C19H20ClFN2O3/c1-19(26-2,15-5-3-4-6-16(15)21)12-23-18(25)17(24)22-11-13-7-9-14(20)10-8-13/h3-10H,11-12H2,1-2H3,(H,22,24)(H,23,25). The first-order valence-corrected chi connectivity index (χ1v) is 8.34. The van der Waals surface area contributed by atoms with Crippen molar-refractivity contribution in [3.63, 3.8) is 0 Å². The number of rotatable bonds is 6. The van der Waals surface area contributed by atoms with Crippen LogP contribution < -0.4 is 10.6 Å². The Kier molecular flexibility index (Phi) is 6.71. The minimum atomic E-state index is -1.10. The highest BCUT2D eigenvalue weighted by molar-refractivity contribution is 6.35. The van der Waals surface area contributed by atoms with Crippen LogP contribution in [0.3, 0.4) is 0 Å². The molecule has 0 aliphatic carbocycles. The zero-order valence-corrected chi connectivity index (χ0v) is 15.3. The van der Waals surface area contributed by atoms with Gasteiger partial charge in [0, 0.05) is 24.2 Å². The van der Waals surface area contributed by atoms with Crippen LogP contribution in [-0.2, 0) is 26.5 Å². The van der Waals surface area contributed by atoms with Crippen molar-refractivity contribution in [2.75, 3.05) is 13.7 Å². The molecule has 7 heteroatoms. The lowest BCUT2D eigenvalue weighted by Gasteiger charge is -2.29. The molecule has 2 amide bonds. The highest BCUT2D eigenvalue weighted by atomic mass is 35.5. The molecular weight excluding hydrogens is 359 g/mol. The van der Waals surface area contributed by atoms with E-state index in [9.17, 15) is 14.0 Å². The van der Waals surface area contributed by atoms with E-state index in [-0.39, 0.29) is 13.1 Å². The fourth-order valence-corrected chi connectivity index (χ4v) is 2.49. The summed E-state index contributed by atoms with van der Waals surface area (Å²) in [6, 6.07) is 13.0. The normalized spacial score (nSPS) is 12.9. The lowest BCUT2D eigenvalue weighted by molar-refractivity contribution is -0.140. The highest BCUT2D eigenvalue weighted by Gasteiger charge is 2.30. The number of amides is 2. The number of halogens is 2. The first-order chi connectivity index (χ1) is 12.4. The molecule has 0 spiro atoms. The number of ether oxygens (including phenoxy) is 1. The summed E-state index contributed by atoms with van der Waals surface area (Å²) in [6.45, 7) is 1.77. The van der Waals surface area contributed by atoms with E-state index in [0.29, 0.717) is 10.6 Å². The van der Waals surface area contributed by atoms with Gasteiger partial charge in [-0.15, -0.1) is 0 Å². The number of hydrogen-bond donors (Lipinski definition) is 2. The lowest BCUT2D eigenvalue weighted by atomic mass is 9.95. The number of nitrogens with one attached hydrogen (secondary N) is 2. The van der Waals surface area contributed by atoms with Crippen molar-refractivity contribution in [1.82, 2.24) is 10.6 Å². The van der Waals surface area contributed by atoms with Crippen LogP contribution in [0.5, 0.6) is 0 Å². The van der Waals surface area contributed by atoms with E-state index in [1.165, 1.54) is 13.2 Å². The van der Waals surface area contributed by atoms with Crippen LogP contribution in [0.15, 0.2) is 48.5 Å². The van der Waals surface area contributed by atoms with Crippen molar-refractivity contribution in [3.05, 3.63) is 70.5 Å². The van der Waals surface area contributed by atoms with Crippen molar-refractivity contribution in [2.24, 2.45) is 0 Å². The molecule has 2 N–H and O–H groups in total. The van der Waals surface area contributed by atoms with Crippen LogP contribution in [0.2, 0.25) is 5.02 Å². The van der Waals surface area contributed by atoms with E-state index in [2.05, 4.69) is 10.6 Å². The second kappa shape index (κ2) is 8.78. The molecule has 0 radical (unpaired) electrons. The number of carbonyl (C=O) groups is 2. The average molecular weight is 379 g/mol. The zero-order chi connectivity index (χ0) is 19.2. The Morgan fingerprint density at radius 2 is 1.69 bits per heavy atom. The van der Waals surface area contributed by atoms with Gasteiger partial charge in [-0.25, -0.2) is 4.39 Å². The third-order valence-corrected chi connectivity index (χ3v) is 4.30. The third-order valence-electron chi connectivity index (χ3n) is 4.05. The van der Waals surface area contributed by atoms with E-state index in [0.717, 1.165) is 5.56 Å². The molecule has 2 aromatic carbocycles. The maximum Gasteiger partial charge on any atom is 0.309 e. The number of methoxy groups -OCH3 is 1. The van der Waals surface area contributed by atoms with Crippen molar-refractivity contribution in [2.45, 2.75) is 19.1 Å². The minimum absolute atomic E-state index is 0.0579. The number of hydrogen-bond acceptors (Lipinski definition) is 3.